The molecule has 0 aliphatic rings. The van der Waals surface area contributed by atoms with Crippen molar-refractivity contribution in [1.29, 1.82) is 0 Å². The Morgan fingerprint density at radius 3 is 2.16 bits per heavy atom. The highest BCUT2D eigenvalue weighted by molar-refractivity contribution is 4.78. The Kier molecular flexibility index (Phi) is 8.88. The summed E-state index contributed by atoms with van der Waals surface area (Å²) in [6, 6.07) is 0. The number of rotatable bonds is 11. The van der Waals surface area contributed by atoms with Gasteiger partial charge in [-0.15, -0.1) is 0 Å². The summed E-state index contributed by atoms with van der Waals surface area (Å²) in [5.74, 6) is 0. The van der Waals surface area contributed by atoms with Gasteiger partial charge in [0.05, 0.1) is 6.10 Å². The molecule has 1 unspecified atom stereocenters. The molecule has 1 atom stereocenters. The third kappa shape index (κ3) is 10.3. The van der Waals surface area contributed by atoms with Gasteiger partial charge in [0.1, 0.15) is 0 Å². The van der Waals surface area contributed by atoms with E-state index in [0.29, 0.717) is 18.5 Å². The summed E-state index contributed by atoms with van der Waals surface area (Å²) in [5, 5.41) is 16.7. The molecule has 0 saturated carbocycles. The first kappa shape index (κ1) is 18.9. The lowest BCUT2D eigenvalue weighted by Crippen LogP contribution is -2.45. The summed E-state index contributed by atoms with van der Waals surface area (Å²) >= 11 is 0. The second-order valence-electron chi connectivity index (χ2n) is 7.14. The van der Waals surface area contributed by atoms with Crippen LogP contribution in [-0.2, 0) is 0 Å². The molecule has 19 heavy (non-hydrogen) atoms. The summed E-state index contributed by atoms with van der Waals surface area (Å²) in [5.41, 5.74) is 0.527. The summed E-state index contributed by atoms with van der Waals surface area (Å²) in [4.78, 5) is 0. The third-order valence-corrected chi connectivity index (χ3v) is 4.01. The van der Waals surface area contributed by atoms with Gasteiger partial charge in [0.15, 0.2) is 0 Å². The molecule has 0 bridgehead atoms. The van der Waals surface area contributed by atoms with Crippen LogP contribution in [0.15, 0.2) is 0 Å². The summed E-state index contributed by atoms with van der Waals surface area (Å²) in [6.07, 6.45) is 4.36. The maximum Gasteiger partial charge on any atom is 0.0788 e. The van der Waals surface area contributed by atoms with Crippen LogP contribution in [-0.4, -0.2) is 36.4 Å². The first-order chi connectivity index (χ1) is 8.72. The van der Waals surface area contributed by atoms with Crippen molar-refractivity contribution in [2.24, 2.45) is 5.41 Å². The minimum Gasteiger partial charge on any atom is -0.390 e. The quantitative estimate of drug-likeness (QED) is 0.507. The standard InChI is InChI=1S/C16H36N2O/c1-7-9-16(5,6)18-13-14(19)12-17-11-10-15(3,4)8-2/h14,17-19H,7-13H2,1-6H3. The molecule has 0 radical (unpaired) electrons. The van der Waals surface area contributed by atoms with Crippen molar-refractivity contribution in [1.82, 2.24) is 10.6 Å². The van der Waals surface area contributed by atoms with E-state index in [1.807, 2.05) is 0 Å². The molecule has 0 aromatic heterocycles. The maximum absolute atomic E-state index is 9.94. The smallest absolute Gasteiger partial charge is 0.0788 e. The van der Waals surface area contributed by atoms with Gasteiger partial charge in [-0.05, 0) is 38.6 Å². The van der Waals surface area contributed by atoms with Crippen molar-refractivity contribution in [2.75, 3.05) is 19.6 Å². The molecular weight excluding hydrogens is 236 g/mol. The Bertz CT molecular complexity index is 227. The predicted octanol–water partition coefficient (Wildman–Crippen LogP) is 2.93. The van der Waals surface area contributed by atoms with E-state index in [1.54, 1.807) is 0 Å². The molecule has 0 heterocycles. The van der Waals surface area contributed by atoms with E-state index < -0.39 is 0 Å². The van der Waals surface area contributed by atoms with Gasteiger partial charge >= 0.3 is 0 Å². The lowest BCUT2D eigenvalue weighted by Gasteiger charge is -2.28. The van der Waals surface area contributed by atoms with E-state index in [-0.39, 0.29) is 11.6 Å². The first-order valence-corrected chi connectivity index (χ1v) is 7.86. The molecule has 116 valence electrons. The van der Waals surface area contributed by atoms with Crippen molar-refractivity contribution in [2.45, 2.75) is 78.9 Å². The molecule has 3 N–H and O–H groups in total. The van der Waals surface area contributed by atoms with E-state index in [9.17, 15) is 5.11 Å². The Labute approximate surface area is 120 Å². The number of hydrogen-bond acceptors (Lipinski definition) is 3. The zero-order valence-electron chi connectivity index (χ0n) is 14.0. The van der Waals surface area contributed by atoms with Crippen molar-refractivity contribution < 1.29 is 5.11 Å². The molecular formula is C16H36N2O. The zero-order chi connectivity index (χ0) is 14.9. The fourth-order valence-corrected chi connectivity index (χ4v) is 2.05. The fraction of sp³-hybridized carbons (Fsp3) is 1.00. The van der Waals surface area contributed by atoms with Crippen molar-refractivity contribution >= 4 is 0 Å². The molecule has 0 aliphatic heterocycles. The Morgan fingerprint density at radius 2 is 1.63 bits per heavy atom. The molecule has 0 amide bonds. The molecule has 0 saturated heterocycles. The topological polar surface area (TPSA) is 44.3 Å². The zero-order valence-corrected chi connectivity index (χ0v) is 14.0. The molecule has 3 heteroatoms. The van der Waals surface area contributed by atoms with E-state index in [2.05, 4.69) is 52.2 Å². The largest absolute Gasteiger partial charge is 0.390 e. The molecule has 0 aliphatic carbocycles. The van der Waals surface area contributed by atoms with Crippen molar-refractivity contribution in [3.63, 3.8) is 0 Å². The van der Waals surface area contributed by atoms with Gasteiger partial charge in [-0.1, -0.05) is 40.5 Å². The number of aliphatic hydroxyl groups is 1. The lowest BCUT2D eigenvalue weighted by molar-refractivity contribution is 0.152. The number of hydrogen-bond donors (Lipinski definition) is 3. The van der Waals surface area contributed by atoms with Crippen molar-refractivity contribution in [3.8, 4) is 0 Å². The minimum atomic E-state index is -0.305. The van der Waals surface area contributed by atoms with Gasteiger partial charge in [-0.3, -0.25) is 0 Å². The van der Waals surface area contributed by atoms with Crippen LogP contribution < -0.4 is 10.6 Å². The van der Waals surface area contributed by atoms with Crippen LogP contribution in [0, 0.1) is 5.41 Å². The average Bonchev–Trinajstić information content (AvgIpc) is 2.32. The van der Waals surface area contributed by atoms with Crippen LogP contribution in [0.2, 0.25) is 0 Å². The third-order valence-electron chi connectivity index (χ3n) is 4.01. The average molecular weight is 272 g/mol. The monoisotopic (exact) mass is 272 g/mol. The summed E-state index contributed by atoms with van der Waals surface area (Å²) < 4.78 is 0. The highest BCUT2D eigenvalue weighted by atomic mass is 16.3. The summed E-state index contributed by atoms with van der Waals surface area (Å²) in [6.45, 7) is 15.7. The van der Waals surface area contributed by atoms with Gasteiger partial charge < -0.3 is 15.7 Å². The highest BCUT2D eigenvalue weighted by Crippen LogP contribution is 2.23. The first-order valence-electron chi connectivity index (χ1n) is 7.86. The van der Waals surface area contributed by atoms with E-state index in [0.717, 1.165) is 19.4 Å². The van der Waals surface area contributed by atoms with E-state index >= 15 is 0 Å². The van der Waals surface area contributed by atoms with Crippen LogP contribution in [0.25, 0.3) is 0 Å². The van der Waals surface area contributed by atoms with Crippen LogP contribution >= 0.6 is 0 Å². The number of β-amino-alcohol motifs (C(OH)–C–C–N with tert-alkyl or cyclic N) is 1. The second kappa shape index (κ2) is 8.93. The van der Waals surface area contributed by atoms with Crippen LogP contribution in [0.3, 0.4) is 0 Å². The van der Waals surface area contributed by atoms with Crippen LogP contribution in [0.4, 0.5) is 0 Å². The summed E-state index contributed by atoms with van der Waals surface area (Å²) in [7, 11) is 0. The van der Waals surface area contributed by atoms with Gasteiger partial charge in [0, 0.05) is 18.6 Å². The predicted molar refractivity (Wildman–Crippen MR) is 84.6 cm³/mol. The van der Waals surface area contributed by atoms with Gasteiger partial charge in [-0.25, -0.2) is 0 Å². The molecule has 0 rings (SSSR count). The maximum atomic E-state index is 9.94. The molecule has 0 aromatic carbocycles. The van der Waals surface area contributed by atoms with Gasteiger partial charge in [0.2, 0.25) is 0 Å². The fourth-order valence-electron chi connectivity index (χ4n) is 2.05. The SMILES string of the molecule is CCCC(C)(C)NCC(O)CNCCC(C)(C)CC. The lowest BCUT2D eigenvalue weighted by atomic mass is 9.86. The molecule has 0 spiro atoms. The molecule has 0 aromatic rings. The van der Waals surface area contributed by atoms with Crippen molar-refractivity contribution in [3.05, 3.63) is 0 Å². The Hall–Kier alpha value is -0.120. The second-order valence-corrected chi connectivity index (χ2v) is 7.14. The van der Waals surface area contributed by atoms with Crippen LogP contribution in [0.5, 0.6) is 0 Å². The van der Waals surface area contributed by atoms with Gasteiger partial charge in [-0.2, -0.15) is 0 Å². The van der Waals surface area contributed by atoms with Crippen LogP contribution in [0.1, 0.15) is 67.2 Å². The normalized spacial score (nSPS) is 14.7. The van der Waals surface area contributed by atoms with E-state index in [1.165, 1.54) is 12.8 Å². The molecule has 0 fully saturated rings. The highest BCUT2D eigenvalue weighted by Gasteiger charge is 2.17. The van der Waals surface area contributed by atoms with E-state index in [4.69, 9.17) is 0 Å². The minimum absolute atomic E-state index is 0.125. The molecule has 3 nitrogen and oxygen atoms in total. The van der Waals surface area contributed by atoms with Gasteiger partial charge in [0.25, 0.3) is 0 Å². The Morgan fingerprint density at radius 1 is 1.00 bits per heavy atom. The number of nitrogens with one attached hydrogen (secondary N) is 2. The number of aliphatic hydroxyl groups excluding tert-OH is 1. The Balaban J connectivity index is 3.68.